The molecule has 1 aromatic heterocycles. The molecule has 4 saturated carbocycles. The van der Waals surface area contributed by atoms with Gasteiger partial charge >= 0.3 is 0 Å². The number of aliphatic hydroxyl groups is 1. The van der Waals surface area contributed by atoms with Gasteiger partial charge in [0, 0.05) is 23.2 Å². The van der Waals surface area contributed by atoms with Crippen LogP contribution >= 0.6 is 11.8 Å². The number of aromatic nitrogens is 1. The zero-order valence-corrected chi connectivity index (χ0v) is 22.2. The molecule has 5 heteroatoms. The fraction of sp³-hybridized carbons (Fsp3) is 0.793. The van der Waals surface area contributed by atoms with Crippen LogP contribution in [0.1, 0.15) is 79.1 Å². The molecule has 0 aliphatic heterocycles. The van der Waals surface area contributed by atoms with Crippen molar-refractivity contribution >= 4 is 17.5 Å². The second kappa shape index (κ2) is 9.52. The Labute approximate surface area is 210 Å². The van der Waals surface area contributed by atoms with E-state index >= 15 is 0 Å². The van der Waals surface area contributed by atoms with E-state index in [0.717, 1.165) is 30.1 Å². The quantitative estimate of drug-likeness (QED) is 0.489. The van der Waals surface area contributed by atoms with Gasteiger partial charge in [-0.15, -0.1) is 11.8 Å². The number of ether oxygens (including phenoxy) is 1. The Morgan fingerprint density at radius 3 is 2.59 bits per heavy atom. The molecule has 1 unspecified atom stereocenters. The molecule has 0 radical (unpaired) electrons. The Morgan fingerprint density at radius 1 is 1.12 bits per heavy atom. The van der Waals surface area contributed by atoms with E-state index < -0.39 is 0 Å². The van der Waals surface area contributed by atoms with E-state index in [1.165, 1.54) is 32.1 Å². The first-order chi connectivity index (χ1) is 16.2. The van der Waals surface area contributed by atoms with Crippen LogP contribution < -0.4 is 0 Å². The SMILES string of the molecule is CC(C)OC1C[C@@]2(C)[C@@H](CC[C@@H]3[C@@H]2CC[C@]2(C)[C@@H](C(=O)CSc4ccncc4)CC[C@@H]32)C[C@@H]1O. The second-order valence-electron chi connectivity index (χ2n) is 12.5. The molecule has 0 bridgehead atoms. The summed E-state index contributed by atoms with van der Waals surface area (Å²) in [5, 5.41) is 10.8. The molecule has 4 aliphatic rings. The number of thioether (sulfide) groups is 1. The van der Waals surface area contributed by atoms with Gasteiger partial charge in [0.2, 0.25) is 0 Å². The lowest BCUT2D eigenvalue weighted by atomic mass is 9.44. The Bertz CT molecular complexity index is 877. The Kier molecular flexibility index (Phi) is 6.93. The maximum Gasteiger partial charge on any atom is 0.146 e. The van der Waals surface area contributed by atoms with Gasteiger partial charge < -0.3 is 9.84 Å². The zero-order chi connectivity index (χ0) is 24.1. The molecule has 0 spiro atoms. The third kappa shape index (κ3) is 4.28. The summed E-state index contributed by atoms with van der Waals surface area (Å²) in [6, 6.07) is 4.00. The van der Waals surface area contributed by atoms with E-state index in [2.05, 4.69) is 32.7 Å². The molecule has 1 N–H and O–H groups in total. The fourth-order valence-electron chi connectivity index (χ4n) is 8.96. The van der Waals surface area contributed by atoms with E-state index in [1.54, 1.807) is 24.2 Å². The molecule has 34 heavy (non-hydrogen) atoms. The summed E-state index contributed by atoms with van der Waals surface area (Å²) < 4.78 is 6.21. The van der Waals surface area contributed by atoms with Crippen molar-refractivity contribution in [2.75, 3.05) is 5.75 Å². The highest BCUT2D eigenvalue weighted by molar-refractivity contribution is 8.00. The number of Topliss-reactive ketones (excluding diaryl/α,β-unsaturated/α-hetero) is 1. The number of nitrogens with zero attached hydrogens (tertiary/aromatic N) is 1. The van der Waals surface area contributed by atoms with E-state index in [1.807, 2.05) is 12.1 Å². The van der Waals surface area contributed by atoms with Gasteiger partial charge in [-0.2, -0.15) is 0 Å². The van der Waals surface area contributed by atoms with Gasteiger partial charge in [0.15, 0.2) is 0 Å². The van der Waals surface area contributed by atoms with Gasteiger partial charge in [-0.05, 0) is 112 Å². The number of carbonyl (C=O) groups excluding carboxylic acids is 1. The molecule has 0 aromatic carbocycles. The molecular weight excluding hydrogens is 442 g/mol. The lowest BCUT2D eigenvalue weighted by molar-refractivity contribution is -0.180. The van der Waals surface area contributed by atoms with Crippen LogP contribution in [0, 0.1) is 40.4 Å². The van der Waals surface area contributed by atoms with Crippen molar-refractivity contribution in [3.05, 3.63) is 24.5 Å². The largest absolute Gasteiger partial charge is 0.390 e. The monoisotopic (exact) mass is 485 g/mol. The van der Waals surface area contributed by atoms with E-state index in [9.17, 15) is 9.90 Å². The van der Waals surface area contributed by atoms with Gasteiger partial charge in [-0.1, -0.05) is 13.8 Å². The minimum Gasteiger partial charge on any atom is -0.390 e. The van der Waals surface area contributed by atoms with Gasteiger partial charge in [0.1, 0.15) is 5.78 Å². The van der Waals surface area contributed by atoms with Crippen molar-refractivity contribution in [3.8, 4) is 0 Å². The summed E-state index contributed by atoms with van der Waals surface area (Å²) in [5.41, 5.74) is 0.407. The van der Waals surface area contributed by atoms with Crippen molar-refractivity contribution in [2.45, 2.75) is 102 Å². The average Bonchev–Trinajstić information content (AvgIpc) is 3.16. The molecule has 1 aromatic rings. The van der Waals surface area contributed by atoms with Crippen LogP contribution in [0.25, 0.3) is 0 Å². The van der Waals surface area contributed by atoms with Gasteiger partial charge in [0.05, 0.1) is 24.1 Å². The van der Waals surface area contributed by atoms with Crippen LogP contribution in [0.4, 0.5) is 0 Å². The lowest BCUT2D eigenvalue weighted by Crippen LogP contribution is -2.57. The number of hydrogen-bond donors (Lipinski definition) is 1. The molecule has 5 rings (SSSR count). The lowest BCUT2D eigenvalue weighted by Gasteiger charge is -2.61. The van der Waals surface area contributed by atoms with Crippen molar-refractivity contribution in [2.24, 2.45) is 40.4 Å². The van der Waals surface area contributed by atoms with Crippen LogP contribution in [-0.2, 0) is 9.53 Å². The molecule has 0 saturated heterocycles. The Morgan fingerprint density at radius 2 is 1.85 bits per heavy atom. The van der Waals surface area contributed by atoms with Crippen LogP contribution in [-0.4, -0.2) is 39.9 Å². The number of aliphatic hydroxyl groups excluding tert-OH is 1. The highest BCUT2D eigenvalue weighted by Crippen LogP contribution is 2.67. The van der Waals surface area contributed by atoms with Crippen molar-refractivity contribution in [1.29, 1.82) is 0 Å². The first kappa shape index (κ1) is 24.8. The fourth-order valence-corrected chi connectivity index (χ4v) is 9.78. The van der Waals surface area contributed by atoms with Crippen molar-refractivity contribution < 1.29 is 14.6 Å². The van der Waals surface area contributed by atoms with Gasteiger partial charge in [-0.25, -0.2) is 0 Å². The van der Waals surface area contributed by atoms with Crippen molar-refractivity contribution in [1.82, 2.24) is 4.98 Å². The van der Waals surface area contributed by atoms with Crippen LogP contribution in [0.2, 0.25) is 0 Å². The van der Waals surface area contributed by atoms with Gasteiger partial charge in [0.25, 0.3) is 0 Å². The molecule has 188 valence electrons. The molecule has 4 aliphatic carbocycles. The summed E-state index contributed by atoms with van der Waals surface area (Å²) in [6.45, 7) is 9.13. The topological polar surface area (TPSA) is 59.4 Å². The number of pyridine rings is 1. The molecule has 4 nitrogen and oxygen atoms in total. The predicted molar refractivity (Wildman–Crippen MR) is 137 cm³/mol. The van der Waals surface area contributed by atoms with E-state index in [4.69, 9.17) is 4.74 Å². The van der Waals surface area contributed by atoms with Crippen LogP contribution in [0.15, 0.2) is 29.4 Å². The summed E-state index contributed by atoms with van der Waals surface area (Å²) in [5.74, 6) is 3.95. The summed E-state index contributed by atoms with van der Waals surface area (Å²) in [7, 11) is 0. The van der Waals surface area contributed by atoms with Crippen LogP contribution in [0.3, 0.4) is 0 Å². The average molecular weight is 486 g/mol. The first-order valence-electron chi connectivity index (χ1n) is 13.6. The van der Waals surface area contributed by atoms with Gasteiger partial charge in [-0.3, -0.25) is 9.78 Å². The molecule has 0 amide bonds. The third-order valence-electron chi connectivity index (χ3n) is 10.5. The summed E-state index contributed by atoms with van der Waals surface area (Å²) >= 11 is 1.67. The highest BCUT2D eigenvalue weighted by atomic mass is 32.2. The predicted octanol–water partition coefficient (Wildman–Crippen LogP) is 6.17. The maximum atomic E-state index is 13.4. The maximum absolute atomic E-state index is 13.4. The van der Waals surface area contributed by atoms with E-state index in [-0.39, 0.29) is 35.1 Å². The standard InChI is InChI=1S/C29H43NO3S/c1-18(2)33-27-16-29(4)19(15-25(27)31)5-6-21-22-7-8-24(28(22,3)12-9-23(21)29)26(32)17-34-20-10-13-30-14-11-20/h10-11,13-14,18-19,21-25,27,31H,5-9,12,15-17H2,1-4H3/t19-,21-,22-,23-,24+,25-,27?,28-,29-/m0/s1. The number of hydrogen-bond acceptors (Lipinski definition) is 5. The Balaban J connectivity index is 1.30. The minimum absolute atomic E-state index is 0.0311. The molecule has 4 fully saturated rings. The minimum atomic E-state index is -0.322. The number of rotatable bonds is 6. The number of fused-ring (bicyclic) bond motifs is 5. The summed E-state index contributed by atoms with van der Waals surface area (Å²) in [4.78, 5) is 18.7. The summed E-state index contributed by atoms with van der Waals surface area (Å²) in [6.07, 6.45) is 12.5. The molecule has 1 heterocycles. The number of carbonyl (C=O) groups is 1. The highest BCUT2D eigenvalue weighted by Gasteiger charge is 2.62. The van der Waals surface area contributed by atoms with Crippen LogP contribution in [0.5, 0.6) is 0 Å². The second-order valence-corrected chi connectivity index (χ2v) is 13.5. The van der Waals surface area contributed by atoms with E-state index in [0.29, 0.717) is 29.3 Å². The zero-order valence-electron chi connectivity index (χ0n) is 21.4. The normalized spacial score (nSPS) is 43.8. The Hall–Kier alpha value is -0.910. The first-order valence-corrected chi connectivity index (χ1v) is 14.6. The third-order valence-corrected chi connectivity index (χ3v) is 11.6. The smallest absolute Gasteiger partial charge is 0.146 e. The molecular formula is C29H43NO3S. The number of ketones is 1. The van der Waals surface area contributed by atoms with Crippen molar-refractivity contribution in [3.63, 3.8) is 0 Å². The molecule has 9 atom stereocenters.